The number of nitrogens with one attached hydrogen (secondary N) is 2. The molecule has 0 aliphatic rings. The summed E-state index contributed by atoms with van der Waals surface area (Å²) in [7, 11) is -3.79. The molecule has 0 radical (unpaired) electrons. The number of benzene rings is 3. The van der Waals surface area contributed by atoms with Gasteiger partial charge in [-0.1, -0.05) is 36.4 Å². The zero-order valence-electron chi connectivity index (χ0n) is 14.5. The van der Waals surface area contributed by atoms with Crippen molar-refractivity contribution in [1.29, 1.82) is 0 Å². The largest absolute Gasteiger partial charge is 0.322 e. The lowest BCUT2D eigenvalue weighted by molar-refractivity contribution is 0.102. The Morgan fingerprint density at radius 3 is 2.33 bits per heavy atom. The Kier molecular flexibility index (Phi) is 5.83. The zero-order valence-corrected chi connectivity index (χ0v) is 16.2. The first-order valence-electron chi connectivity index (χ1n) is 8.12. The van der Waals surface area contributed by atoms with Gasteiger partial charge in [0.1, 0.15) is 0 Å². The highest BCUT2D eigenvalue weighted by Crippen LogP contribution is 2.23. The molecule has 2 N–H and O–H groups in total. The lowest BCUT2D eigenvalue weighted by Gasteiger charge is -2.13. The third kappa shape index (κ3) is 4.69. The highest BCUT2D eigenvalue weighted by Gasteiger charge is 2.18. The van der Waals surface area contributed by atoms with Gasteiger partial charge in [-0.3, -0.25) is 9.52 Å². The minimum atomic E-state index is -3.79. The van der Waals surface area contributed by atoms with Gasteiger partial charge < -0.3 is 5.32 Å². The molecule has 0 saturated heterocycles. The molecule has 3 rings (SSSR count). The number of amides is 1. The Hall–Kier alpha value is -2.77. The van der Waals surface area contributed by atoms with Gasteiger partial charge in [-0.2, -0.15) is 0 Å². The topological polar surface area (TPSA) is 75.3 Å². The number of hydrogen-bond donors (Lipinski definition) is 2. The molecule has 0 spiro atoms. The summed E-state index contributed by atoms with van der Waals surface area (Å²) >= 11 is 1.57. The monoisotopic (exact) mass is 398 g/mol. The van der Waals surface area contributed by atoms with E-state index in [4.69, 9.17) is 0 Å². The second-order valence-corrected chi connectivity index (χ2v) is 8.21. The Labute approximate surface area is 162 Å². The van der Waals surface area contributed by atoms with Gasteiger partial charge in [-0.05, 0) is 48.7 Å². The summed E-state index contributed by atoms with van der Waals surface area (Å²) in [5, 5.41) is 2.81. The van der Waals surface area contributed by atoms with E-state index in [1.165, 1.54) is 12.1 Å². The Morgan fingerprint density at radius 2 is 1.59 bits per heavy atom. The van der Waals surface area contributed by atoms with Gasteiger partial charge in [0.25, 0.3) is 15.9 Å². The van der Waals surface area contributed by atoms with Crippen LogP contribution in [0.5, 0.6) is 0 Å². The van der Waals surface area contributed by atoms with Crippen LogP contribution in [0.25, 0.3) is 0 Å². The minimum absolute atomic E-state index is 0.132. The molecule has 1 amide bonds. The van der Waals surface area contributed by atoms with Crippen molar-refractivity contribution in [3.8, 4) is 0 Å². The number of para-hydroxylation sites is 1. The Morgan fingerprint density at radius 1 is 0.889 bits per heavy atom. The maximum Gasteiger partial charge on any atom is 0.261 e. The van der Waals surface area contributed by atoms with Crippen LogP contribution >= 0.6 is 11.8 Å². The molecule has 7 heteroatoms. The van der Waals surface area contributed by atoms with E-state index >= 15 is 0 Å². The first-order chi connectivity index (χ1) is 13.0. The average Bonchev–Trinajstić information content (AvgIpc) is 2.69. The zero-order chi connectivity index (χ0) is 19.3. The summed E-state index contributed by atoms with van der Waals surface area (Å²) in [6, 6.07) is 22.0. The molecule has 3 aromatic rings. The highest BCUT2D eigenvalue weighted by atomic mass is 32.2. The lowest BCUT2D eigenvalue weighted by atomic mass is 10.1. The fourth-order valence-electron chi connectivity index (χ4n) is 2.47. The molecule has 0 fully saturated rings. The predicted molar refractivity (Wildman–Crippen MR) is 110 cm³/mol. The van der Waals surface area contributed by atoms with E-state index in [0.717, 1.165) is 4.90 Å². The standard InChI is InChI=1S/C20H18N2O3S2/c1-26-16-9-7-8-15(14-16)21-20(23)18-12-5-6-13-19(18)22-27(24,25)17-10-3-2-4-11-17/h2-14,22H,1H3,(H,21,23). The molecule has 0 unspecified atom stereocenters. The van der Waals surface area contributed by atoms with Gasteiger partial charge in [-0.25, -0.2) is 8.42 Å². The number of rotatable bonds is 6. The molecule has 0 atom stereocenters. The molecule has 0 bridgehead atoms. The van der Waals surface area contributed by atoms with Gasteiger partial charge in [0.2, 0.25) is 0 Å². The number of carbonyl (C=O) groups excluding carboxylic acids is 1. The van der Waals surface area contributed by atoms with Crippen molar-refractivity contribution in [2.75, 3.05) is 16.3 Å². The van der Waals surface area contributed by atoms with Crippen molar-refractivity contribution in [3.63, 3.8) is 0 Å². The SMILES string of the molecule is CSc1cccc(NC(=O)c2ccccc2NS(=O)(=O)c2ccccc2)c1. The van der Waals surface area contributed by atoms with E-state index in [0.29, 0.717) is 5.69 Å². The van der Waals surface area contributed by atoms with Crippen molar-refractivity contribution in [1.82, 2.24) is 0 Å². The first-order valence-corrected chi connectivity index (χ1v) is 10.8. The van der Waals surface area contributed by atoms with Crippen molar-refractivity contribution < 1.29 is 13.2 Å². The second-order valence-electron chi connectivity index (χ2n) is 5.65. The normalized spacial score (nSPS) is 11.0. The van der Waals surface area contributed by atoms with Gasteiger partial charge in [-0.15, -0.1) is 11.8 Å². The summed E-state index contributed by atoms with van der Waals surface area (Å²) in [6.45, 7) is 0. The van der Waals surface area contributed by atoms with Crippen LogP contribution in [0.2, 0.25) is 0 Å². The second kappa shape index (κ2) is 8.28. The molecule has 0 aromatic heterocycles. The van der Waals surface area contributed by atoms with Gasteiger partial charge >= 0.3 is 0 Å². The summed E-state index contributed by atoms with van der Waals surface area (Å²) in [4.78, 5) is 13.9. The summed E-state index contributed by atoms with van der Waals surface area (Å²) in [5.41, 5.74) is 1.11. The highest BCUT2D eigenvalue weighted by molar-refractivity contribution is 7.98. The van der Waals surface area contributed by atoms with Crippen molar-refractivity contribution in [3.05, 3.63) is 84.4 Å². The molecule has 0 saturated carbocycles. The number of sulfonamides is 1. The van der Waals surface area contributed by atoms with Gasteiger partial charge in [0.15, 0.2) is 0 Å². The van der Waals surface area contributed by atoms with E-state index in [1.807, 2.05) is 24.5 Å². The fourth-order valence-corrected chi connectivity index (χ4v) is 4.03. The van der Waals surface area contributed by atoms with Crippen LogP contribution in [-0.4, -0.2) is 20.6 Å². The van der Waals surface area contributed by atoms with Crippen LogP contribution in [0.4, 0.5) is 11.4 Å². The van der Waals surface area contributed by atoms with Crippen LogP contribution < -0.4 is 10.0 Å². The van der Waals surface area contributed by atoms with Crippen molar-refractivity contribution in [2.24, 2.45) is 0 Å². The number of anilines is 2. The maximum absolute atomic E-state index is 12.7. The van der Waals surface area contributed by atoms with E-state index < -0.39 is 10.0 Å². The molecular formula is C20H18N2O3S2. The fraction of sp³-hybridized carbons (Fsp3) is 0.0500. The third-order valence-corrected chi connectivity index (χ3v) is 5.90. The molecule has 0 aliphatic carbocycles. The van der Waals surface area contributed by atoms with E-state index in [2.05, 4.69) is 10.0 Å². The van der Waals surface area contributed by atoms with Gasteiger partial charge in [0.05, 0.1) is 16.1 Å². The van der Waals surface area contributed by atoms with Crippen molar-refractivity contribution in [2.45, 2.75) is 9.79 Å². The van der Waals surface area contributed by atoms with Crippen LogP contribution in [0.3, 0.4) is 0 Å². The minimum Gasteiger partial charge on any atom is -0.322 e. The molecule has 5 nitrogen and oxygen atoms in total. The van der Waals surface area contributed by atoms with Crippen LogP contribution in [0.15, 0.2) is 88.7 Å². The summed E-state index contributed by atoms with van der Waals surface area (Å²) in [5.74, 6) is -0.389. The molecule has 0 heterocycles. The molecule has 0 aliphatic heterocycles. The summed E-state index contributed by atoms with van der Waals surface area (Å²) in [6.07, 6.45) is 1.95. The Balaban J connectivity index is 1.86. The Bertz CT molecular complexity index is 1050. The average molecular weight is 399 g/mol. The van der Waals surface area contributed by atoms with Crippen molar-refractivity contribution >= 4 is 39.1 Å². The van der Waals surface area contributed by atoms with Crippen LogP contribution in [0, 0.1) is 0 Å². The molecule has 27 heavy (non-hydrogen) atoms. The molecular weight excluding hydrogens is 380 g/mol. The van der Waals surface area contributed by atoms with E-state index in [1.54, 1.807) is 60.3 Å². The van der Waals surface area contributed by atoms with E-state index in [9.17, 15) is 13.2 Å². The van der Waals surface area contributed by atoms with Crippen LogP contribution in [0.1, 0.15) is 10.4 Å². The van der Waals surface area contributed by atoms with Gasteiger partial charge in [0, 0.05) is 10.6 Å². The third-order valence-electron chi connectivity index (χ3n) is 3.80. The number of thioether (sulfide) groups is 1. The number of hydrogen-bond acceptors (Lipinski definition) is 4. The smallest absolute Gasteiger partial charge is 0.261 e. The predicted octanol–water partition coefficient (Wildman–Crippen LogP) is 4.46. The first kappa shape index (κ1) is 19.0. The summed E-state index contributed by atoms with van der Waals surface area (Å²) < 4.78 is 27.6. The van der Waals surface area contributed by atoms with Crippen LogP contribution in [-0.2, 0) is 10.0 Å². The van der Waals surface area contributed by atoms with E-state index in [-0.39, 0.29) is 22.1 Å². The maximum atomic E-state index is 12.7. The quantitative estimate of drug-likeness (QED) is 0.601. The lowest BCUT2D eigenvalue weighted by Crippen LogP contribution is -2.18. The molecule has 138 valence electrons. The molecule has 3 aromatic carbocycles. The number of carbonyl (C=O) groups is 1.